The van der Waals surface area contributed by atoms with E-state index < -0.39 is 34.3 Å². The number of ether oxygens (including phenoxy) is 1. The second-order valence-electron chi connectivity index (χ2n) is 14.1. The highest BCUT2D eigenvalue weighted by Crippen LogP contribution is 2.68. The highest BCUT2D eigenvalue weighted by molar-refractivity contribution is 6.04. The van der Waals surface area contributed by atoms with Crippen LogP contribution in [0.3, 0.4) is 0 Å². The molecule has 1 saturated carbocycles. The number of hydrogen-bond acceptors (Lipinski definition) is 7. The Morgan fingerprint density at radius 1 is 1.04 bits per heavy atom. The molecule has 0 unspecified atom stereocenters. The number of nitrogens with zero attached hydrogens (tertiary/aromatic N) is 4. The summed E-state index contributed by atoms with van der Waals surface area (Å²) in [5.41, 5.74) is -1.84. The highest BCUT2D eigenvalue weighted by Gasteiger charge is 2.76. The van der Waals surface area contributed by atoms with Crippen LogP contribution in [0.2, 0.25) is 0 Å². The number of rotatable bonds is 6. The molecule has 5 aliphatic rings. The summed E-state index contributed by atoms with van der Waals surface area (Å²) >= 11 is 0. The summed E-state index contributed by atoms with van der Waals surface area (Å²) in [4.78, 5) is 13.4. The molecule has 2 N–H and O–H groups in total. The molecule has 3 aromatic carbocycles. The van der Waals surface area contributed by atoms with E-state index in [0.717, 1.165) is 18.9 Å². The van der Waals surface area contributed by atoms with Gasteiger partial charge in [0.05, 0.1) is 11.0 Å². The van der Waals surface area contributed by atoms with Crippen molar-refractivity contribution in [3.05, 3.63) is 72.1 Å². The first-order valence-electron chi connectivity index (χ1n) is 16.2. The van der Waals surface area contributed by atoms with Gasteiger partial charge in [-0.05, 0) is 60.0 Å². The number of aromatic hydroxyl groups is 1. The molecule has 0 radical (unpaired) electrons. The molecule has 248 valence electrons. The third-order valence-corrected chi connectivity index (χ3v) is 11.1. The van der Waals surface area contributed by atoms with E-state index in [-0.39, 0.29) is 82.8 Å². The molecule has 12 heteroatoms. The predicted molar refractivity (Wildman–Crippen MR) is 172 cm³/mol. The third kappa shape index (κ3) is 4.31. The number of benzene rings is 3. The molecule has 5 heterocycles. The first kappa shape index (κ1) is 29.8. The lowest BCUT2D eigenvalue weighted by Gasteiger charge is -2.34. The maximum Gasteiger partial charge on any atom is 0.319 e. The molecule has 1 aliphatic carbocycles. The molecule has 48 heavy (non-hydrogen) atoms. The molecule has 3 saturated heterocycles. The van der Waals surface area contributed by atoms with Crippen LogP contribution in [0, 0.1) is 22.9 Å². The summed E-state index contributed by atoms with van der Waals surface area (Å²) in [6, 6.07) is 6.75. The maximum atomic E-state index is 17.1. The number of phenolic OH excluding ortho intramolecular Hbond substituents is 1. The van der Waals surface area contributed by atoms with Gasteiger partial charge in [0.1, 0.15) is 23.7 Å². The van der Waals surface area contributed by atoms with Crippen molar-refractivity contribution >= 4 is 33.6 Å². The van der Waals surface area contributed by atoms with Gasteiger partial charge in [0, 0.05) is 61.0 Å². The van der Waals surface area contributed by atoms with Crippen LogP contribution in [0.25, 0.3) is 38.9 Å². The van der Waals surface area contributed by atoms with Gasteiger partial charge in [-0.25, -0.2) is 22.0 Å². The quantitative estimate of drug-likeness (QED) is 0.179. The molecule has 4 aliphatic heterocycles. The lowest BCUT2D eigenvalue weighted by Crippen LogP contribution is -2.51. The number of hydrogen-bond donors (Lipinski definition) is 2. The van der Waals surface area contributed by atoms with Crippen molar-refractivity contribution in [2.75, 3.05) is 37.7 Å². The number of alkyl halides is 2. The van der Waals surface area contributed by atoms with Crippen molar-refractivity contribution in [1.82, 2.24) is 20.2 Å². The van der Waals surface area contributed by atoms with E-state index in [1.54, 1.807) is 6.07 Å². The summed E-state index contributed by atoms with van der Waals surface area (Å²) in [7, 11) is 0. The van der Waals surface area contributed by atoms with E-state index in [1.807, 2.05) is 17.1 Å². The molecule has 2 bridgehead atoms. The highest BCUT2D eigenvalue weighted by atomic mass is 19.3. The molecule has 9 rings (SSSR count). The Balaban J connectivity index is 1.20. The molecule has 1 aromatic heterocycles. The Labute approximate surface area is 272 Å². The SMILES string of the molecule is C=Cc1cc2c(N3C[C@H]4CC[C@@H](C3)N4)nc(OC[C@]34C=CCN3C[C@@]3(CC3(F)F)C4)nc2c(F)c1-c1cc(O)cc2ccc(F)c(F)c12. The summed E-state index contributed by atoms with van der Waals surface area (Å²) in [5, 5.41) is 14.5. The molecule has 4 atom stereocenters. The van der Waals surface area contributed by atoms with Gasteiger partial charge in [-0.3, -0.25) is 4.90 Å². The Kier molecular flexibility index (Phi) is 6.28. The zero-order valence-corrected chi connectivity index (χ0v) is 25.9. The van der Waals surface area contributed by atoms with Gasteiger partial charge in [0.2, 0.25) is 0 Å². The van der Waals surface area contributed by atoms with E-state index in [2.05, 4.69) is 21.8 Å². The van der Waals surface area contributed by atoms with Crippen LogP contribution in [0.1, 0.15) is 31.2 Å². The zero-order valence-electron chi connectivity index (χ0n) is 25.9. The molecule has 7 nitrogen and oxygen atoms in total. The van der Waals surface area contributed by atoms with Gasteiger partial charge >= 0.3 is 6.01 Å². The Morgan fingerprint density at radius 3 is 2.54 bits per heavy atom. The molecule has 4 aromatic rings. The van der Waals surface area contributed by atoms with Gasteiger partial charge in [-0.1, -0.05) is 30.9 Å². The monoisotopic (exact) mass is 661 g/mol. The zero-order chi connectivity index (χ0) is 33.2. The minimum absolute atomic E-state index is 0.0000168. The van der Waals surface area contributed by atoms with E-state index >= 15 is 8.78 Å². The number of halogens is 5. The minimum Gasteiger partial charge on any atom is -0.508 e. The fourth-order valence-electron chi connectivity index (χ4n) is 8.71. The summed E-state index contributed by atoms with van der Waals surface area (Å²) in [5.74, 6) is -5.66. The second-order valence-corrected chi connectivity index (χ2v) is 14.1. The fraction of sp³-hybridized carbons (Fsp3) is 0.389. The predicted octanol–water partition coefficient (Wildman–Crippen LogP) is 6.58. The van der Waals surface area contributed by atoms with Gasteiger partial charge in [-0.2, -0.15) is 9.97 Å². The van der Waals surface area contributed by atoms with Gasteiger partial charge in [-0.15, -0.1) is 0 Å². The number of aromatic nitrogens is 2. The number of nitrogens with one attached hydrogen (secondary N) is 1. The Bertz CT molecular complexity index is 2080. The van der Waals surface area contributed by atoms with Gasteiger partial charge < -0.3 is 20.1 Å². The number of anilines is 1. The van der Waals surface area contributed by atoms with Crippen LogP contribution >= 0.6 is 0 Å². The minimum atomic E-state index is -2.72. The largest absolute Gasteiger partial charge is 0.508 e. The van der Waals surface area contributed by atoms with Crippen molar-refractivity contribution in [3.8, 4) is 22.9 Å². The van der Waals surface area contributed by atoms with Gasteiger partial charge in [0.15, 0.2) is 17.5 Å². The van der Waals surface area contributed by atoms with E-state index in [0.29, 0.717) is 30.8 Å². The lowest BCUT2D eigenvalue weighted by molar-refractivity contribution is 0.0663. The summed E-state index contributed by atoms with van der Waals surface area (Å²) < 4.78 is 82.1. The first-order chi connectivity index (χ1) is 23.0. The lowest BCUT2D eigenvalue weighted by atomic mass is 9.91. The van der Waals surface area contributed by atoms with Crippen LogP contribution in [0.5, 0.6) is 11.8 Å². The molecular formula is C36H32F5N5O2. The first-order valence-corrected chi connectivity index (χ1v) is 16.2. The third-order valence-electron chi connectivity index (χ3n) is 11.1. The molecule has 0 amide bonds. The standard InChI is InChI=1S/C36H32F5N5O2/c1-2-19-11-25-31(30(39)27(19)24-12-23(47)10-20-4-7-26(37)29(38)28(20)24)43-33(44-32(25)45-13-21-5-6-22(14-45)42-21)48-18-35-8-3-9-46(35)17-34(15-35)16-36(34,40)41/h2-4,7-8,10-12,21-22,42,47H,1,5-6,9,13-18H2/t21-,22+,34-,35+/m0/s1. The van der Waals surface area contributed by atoms with Crippen molar-refractivity contribution in [1.29, 1.82) is 0 Å². The van der Waals surface area contributed by atoms with Crippen LogP contribution in [0.4, 0.5) is 27.8 Å². The summed E-state index contributed by atoms with van der Waals surface area (Å²) in [6.45, 7) is 5.92. The second kappa shape index (κ2) is 10.1. The number of phenols is 1. The number of fused-ring (bicyclic) bond motifs is 5. The van der Waals surface area contributed by atoms with Gasteiger partial charge in [0.25, 0.3) is 5.92 Å². The molecule has 1 spiro atoms. The average molecular weight is 662 g/mol. The van der Waals surface area contributed by atoms with Crippen molar-refractivity contribution < 1.29 is 31.8 Å². The average Bonchev–Trinajstić information content (AvgIpc) is 3.38. The van der Waals surface area contributed by atoms with Crippen LogP contribution in [0.15, 0.2) is 49.1 Å². The number of piperazine rings is 1. The smallest absolute Gasteiger partial charge is 0.319 e. The fourth-order valence-corrected chi connectivity index (χ4v) is 8.71. The summed E-state index contributed by atoms with van der Waals surface area (Å²) in [6.07, 6.45) is 7.36. The van der Waals surface area contributed by atoms with Crippen LogP contribution in [-0.4, -0.2) is 76.3 Å². The van der Waals surface area contributed by atoms with Crippen molar-refractivity contribution in [2.45, 2.75) is 49.2 Å². The van der Waals surface area contributed by atoms with Crippen molar-refractivity contribution in [3.63, 3.8) is 0 Å². The molecular weight excluding hydrogens is 629 g/mol. The van der Waals surface area contributed by atoms with E-state index in [9.17, 15) is 18.3 Å². The normalized spacial score (nSPS) is 28.6. The maximum absolute atomic E-state index is 17.1. The Hall–Kier alpha value is -4.29. The topological polar surface area (TPSA) is 73.8 Å². The van der Waals surface area contributed by atoms with Crippen LogP contribution in [-0.2, 0) is 0 Å². The Morgan fingerprint density at radius 2 is 1.81 bits per heavy atom. The van der Waals surface area contributed by atoms with Crippen LogP contribution < -0.4 is 15.0 Å². The van der Waals surface area contributed by atoms with E-state index in [4.69, 9.17) is 9.72 Å². The van der Waals surface area contributed by atoms with Crippen molar-refractivity contribution in [2.24, 2.45) is 5.41 Å². The van der Waals surface area contributed by atoms with E-state index in [1.165, 1.54) is 24.3 Å². The molecule has 4 fully saturated rings.